The van der Waals surface area contributed by atoms with Gasteiger partial charge in [-0.05, 0) is 43.1 Å². The summed E-state index contributed by atoms with van der Waals surface area (Å²) in [6.45, 7) is 1.92. The van der Waals surface area contributed by atoms with Crippen LogP contribution in [-0.2, 0) is 4.79 Å². The molecule has 1 amide bonds. The third kappa shape index (κ3) is 2.76. The third-order valence-electron chi connectivity index (χ3n) is 3.02. The Labute approximate surface area is 101 Å². The zero-order valence-corrected chi connectivity index (χ0v) is 10.3. The van der Waals surface area contributed by atoms with Crippen molar-refractivity contribution in [3.8, 4) is 0 Å². The van der Waals surface area contributed by atoms with Crippen LogP contribution in [-0.4, -0.2) is 16.6 Å². The van der Waals surface area contributed by atoms with Crippen LogP contribution < -0.4 is 5.32 Å². The summed E-state index contributed by atoms with van der Waals surface area (Å²) in [5, 5.41) is 2.86. The fourth-order valence-corrected chi connectivity index (χ4v) is 2.08. The summed E-state index contributed by atoms with van der Waals surface area (Å²) < 4.78 is 0. The summed E-state index contributed by atoms with van der Waals surface area (Å²) in [6, 6.07) is 3.77. The van der Waals surface area contributed by atoms with Crippen molar-refractivity contribution < 1.29 is 4.79 Å². The molecule has 0 saturated heterocycles. The highest BCUT2D eigenvalue weighted by Crippen LogP contribution is 2.49. The zero-order valence-electron chi connectivity index (χ0n) is 9.36. The summed E-state index contributed by atoms with van der Waals surface area (Å²) in [7, 11) is 0. The molecule has 1 fully saturated rings. The second-order valence-corrected chi connectivity index (χ2v) is 4.89. The first kappa shape index (κ1) is 11.5. The van der Waals surface area contributed by atoms with E-state index in [1.165, 1.54) is 0 Å². The molecule has 0 radical (unpaired) electrons. The number of nitrogens with one attached hydrogen (secondary N) is 1. The Balaban J connectivity index is 1.90. The number of pyridine rings is 1. The van der Waals surface area contributed by atoms with E-state index in [-0.39, 0.29) is 11.3 Å². The van der Waals surface area contributed by atoms with Gasteiger partial charge in [-0.3, -0.25) is 9.78 Å². The summed E-state index contributed by atoms with van der Waals surface area (Å²) in [5.41, 5.74) is 1.89. The molecule has 16 heavy (non-hydrogen) atoms. The van der Waals surface area contributed by atoms with Gasteiger partial charge in [0.25, 0.3) is 0 Å². The van der Waals surface area contributed by atoms with Crippen molar-refractivity contribution in [1.29, 1.82) is 0 Å². The van der Waals surface area contributed by atoms with Gasteiger partial charge >= 0.3 is 0 Å². The van der Waals surface area contributed by atoms with Crippen molar-refractivity contribution in [2.45, 2.75) is 26.2 Å². The standard InChI is InChI=1S/C12H16N2OS/c1-9-2-3-10(7-13-9)14-11(15)6-12(8-16)4-5-12/h2-3,7,16H,4-6,8H2,1H3,(H,14,15). The van der Waals surface area contributed by atoms with E-state index in [1.807, 2.05) is 19.1 Å². The Morgan fingerprint density at radius 3 is 2.81 bits per heavy atom. The number of hydrogen-bond acceptors (Lipinski definition) is 3. The summed E-state index contributed by atoms with van der Waals surface area (Å²) in [6.07, 6.45) is 4.50. The highest BCUT2D eigenvalue weighted by atomic mass is 32.1. The van der Waals surface area contributed by atoms with E-state index in [0.717, 1.165) is 30.0 Å². The minimum Gasteiger partial charge on any atom is -0.325 e. The quantitative estimate of drug-likeness (QED) is 0.788. The van der Waals surface area contributed by atoms with Gasteiger partial charge in [-0.15, -0.1) is 0 Å². The van der Waals surface area contributed by atoms with Crippen molar-refractivity contribution >= 4 is 24.2 Å². The predicted octanol–water partition coefficient (Wildman–Crippen LogP) is 2.43. The van der Waals surface area contributed by atoms with Crippen LogP contribution >= 0.6 is 12.6 Å². The number of aromatic nitrogens is 1. The number of amides is 1. The van der Waals surface area contributed by atoms with Gasteiger partial charge in [0.15, 0.2) is 0 Å². The van der Waals surface area contributed by atoms with Crippen molar-refractivity contribution in [1.82, 2.24) is 4.98 Å². The normalized spacial score (nSPS) is 16.9. The first-order chi connectivity index (χ1) is 7.63. The lowest BCUT2D eigenvalue weighted by molar-refractivity contribution is -0.117. The van der Waals surface area contributed by atoms with Crippen LogP contribution in [0.5, 0.6) is 0 Å². The van der Waals surface area contributed by atoms with E-state index in [9.17, 15) is 4.79 Å². The second kappa shape index (κ2) is 4.45. The molecule has 0 atom stereocenters. The molecular weight excluding hydrogens is 220 g/mol. The third-order valence-corrected chi connectivity index (χ3v) is 3.69. The number of nitrogens with zero attached hydrogens (tertiary/aromatic N) is 1. The average molecular weight is 236 g/mol. The maximum absolute atomic E-state index is 11.7. The van der Waals surface area contributed by atoms with E-state index in [2.05, 4.69) is 22.9 Å². The Morgan fingerprint density at radius 2 is 2.31 bits per heavy atom. The lowest BCUT2D eigenvalue weighted by Gasteiger charge is -2.11. The highest BCUT2D eigenvalue weighted by molar-refractivity contribution is 7.80. The van der Waals surface area contributed by atoms with Gasteiger partial charge in [0.05, 0.1) is 11.9 Å². The summed E-state index contributed by atoms with van der Waals surface area (Å²) in [4.78, 5) is 15.9. The number of thiol groups is 1. The lowest BCUT2D eigenvalue weighted by Crippen LogP contribution is -2.18. The van der Waals surface area contributed by atoms with E-state index < -0.39 is 0 Å². The monoisotopic (exact) mass is 236 g/mol. The SMILES string of the molecule is Cc1ccc(NC(=O)CC2(CS)CC2)cn1. The summed E-state index contributed by atoms with van der Waals surface area (Å²) in [5.74, 6) is 0.865. The molecule has 1 saturated carbocycles. The minimum absolute atomic E-state index is 0.0669. The number of rotatable bonds is 4. The van der Waals surface area contributed by atoms with Crippen LogP contribution in [0.3, 0.4) is 0 Å². The molecule has 1 heterocycles. The number of anilines is 1. The molecule has 3 nitrogen and oxygen atoms in total. The largest absolute Gasteiger partial charge is 0.325 e. The fourth-order valence-electron chi connectivity index (χ4n) is 1.66. The predicted molar refractivity (Wildman–Crippen MR) is 67.7 cm³/mol. The number of carbonyl (C=O) groups is 1. The van der Waals surface area contributed by atoms with Gasteiger partial charge in [0.2, 0.25) is 5.91 Å². The van der Waals surface area contributed by atoms with Gasteiger partial charge in [0.1, 0.15) is 0 Å². The van der Waals surface area contributed by atoms with E-state index in [4.69, 9.17) is 0 Å². The molecule has 1 aliphatic carbocycles. The molecule has 0 unspecified atom stereocenters. The van der Waals surface area contributed by atoms with E-state index in [1.54, 1.807) is 6.20 Å². The van der Waals surface area contributed by atoms with Crippen LogP contribution in [0, 0.1) is 12.3 Å². The molecule has 0 aliphatic heterocycles. The number of aryl methyl sites for hydroxylation is 1. The van der Waals surface area contributed by atoms with Gasteiger partial charge in [-0.25, -0.2) is 0 Å². The van der Waals surface area contributed by atoms with Crippen LogP contribution in [0.25, 0.3) is 0 Å². The van der Waals surface area contributed by atoms with Gasteiger partial charge in [-0.2, -0.15) is 12.6 Å². The number of carbonyl (C=O) groups excluding carboxylic acids is 1. The Hall–Kier alpha value is -1.03. The van der Waals surface area contributed by atoms with Gasteiger partial charge in [0, 0.05) is 12.1 Å². The molecule has 2 rings (SSSR count). The second-order valence-electron chi connectivity index (χ2n) is 4.57. The maximum atomic E-state index is 11.7. The molecule has 1 aromatic rings. The van der Waals surface area contributed by atoms with Crippen LogP contribution in [0.1, 0.15) is 25.0 Å². The Kier molecular flexibility index (Phi) is 3.19. The summed E-state index contributed by atoms with van der Waals surface area (Å²) >= 11 is 4.29. The maximum Gasteiger partial charge on any atom is 0.225 e. The molecule has 0 bridgehead atoms. The van der Waals surface area contributed by atoms with Gasteiger partial charge < -0.3 is 5.32 Å². The number of hydrogen-bond donors (Lipinski definition) is 2. The minimum atomic E-state index is 0.0669. The molecule has 0 spiro atoms. The zero-order chi connectivity index (χ0) is 11.6. The first-order valence-corrected chi connectivity index (χ1v) is 6.10. The average Bonchev–Trinajstić information content (AvgIpc) is 3.02. The van der Waals surface area contributed by atoms with Crippen molar-refractivity contribution in [3.05, 3.63) is 24.0 Å². The molecule has 4 heteroatoms. The molecule has 0 aromatic carbocycles. The van der Waals surface area contributed by atoms with Crippen molar-refractivity contribution in [2.75, 3.05) is 11.1 Å². The van der Waals surface area contributed by atoms with Crippen LogP contribution in [0.2, 0.25) is 0 Å². The molecular formula is C12H16N2OS. The first-order valence-electron chi connectivity index (χ1n) is 5.47. The molecule has 1 N–H and O–H groups in total. The molecule has 86 valence electrons. The van der Waals surface area contributed by atoms with Crippen LogP contribution in [0.4, 0.5) is 5.69 Å². The fraction of sp³-hybridized carbons (Fsp3) is 0.500. The Bertz CT molecular complexity index is 385. The smallest absolute Gasteiger partial charge is 0.225 e. The molecule has 1 aromatic heterocycles. The van der Waals surface area contributed by atoms with E-state index >= 15 is 0 Å². The van der Waals surface area contributed by atoms with Crippen molar-refractivity contribution in [2.24, 2.45) is 5.41 Å². The topological polar surface area (TPSA) is 42.0 Å². The van der Waals surface area contributed by atoms with Gasteiger partial charge in [-0.1, -0.05) is 0 Å². The van der Waals surface area contributed by atoms with E-state index in [0.29, 0.717) is 6.42 Å². The lowest BCUT2D eigenvalue weighted by atomic mass is 10.1. The Morgan fingerprint density at radius 1 is 1.56 bits per heavy atom. The van der Waals surface area contributed by atoms with Crippen LogP contribution in [0.15, 0.2) is 18.3 Å². The highest BCUT2D eigenvalue weighted by Gasteiger charge is 2.42. The molecule has 1 aliphatic rings. The van der Waals surface area contributed by atoms with Crippen molar-refractivity contribution in [3.63, 3.8) is 0 Å².